The lowest BCUT2D eigenvalue weighted by atomic mass is 10.1. The van der Waals surface area contributed by atoms with E-state index in [0.717, 1.165) is 11.3 Å². The maximum Gasteiger partial charge on any atom is 0.433 e. The van der Waals surface area contributed by atoms with Gasteiger partial charge in [-0.05, 0) is 23.6 Å². The molecule has 1 N–H and O–H groups in total. The summed E-state index contributed by atoms with van der Waals surface area (Å²) in [6.07, 6.45) is 0. The van der Waals surface area contributed by atoms with Gasteiger partial charge in [-0.25, -0.2) is 0 Å². The second-order valence-electron chi connectivity index (χ2n) is 4.37. The Morgan fingerprint density at radius 3 is 2.71 bits per heavy atom. The van der Waals surface area contributed by atoms with Gasteiger partial charge in [0.05, 0.1) is 12.6 Å². The summed E-state index contributed by atoms with van der Waals surface area (Å²) < 4.78 is 5.14. The first-order valence-corrected chi connectivity index (χ1v) is 7.22. The summed E-state index contributed by atoms with van der Waals surface area (Å²) in [5.41, 5.74) is 2.08. The normalized spacial score (nSPS) is 10.5. The summed E-state index contributed by atoms with van der Waals surface area (Å²) in [4.78, 5) is 11.2. The third-order valence-electron chi connectivity index (χ3n) is 2.99. The lowest BCUT2D eigenvalue weighted by Gasteiger charge is -2.09. The molecule has 0 amide bonds. The Morgan fingerprint density at radius 2 is 2.00 bits per heavy atom. The van der Waals surface area contributed by atoms with E-state index in [-0.39, 0.29) is 5.88 Å². The molecule has 0 aliphatic rings. The molecule has 0 atom stereocenters. The minimum absolute atomic E-state index is 0.238. The van der Waals surface area contributed by atoms with Crippen molar-refractivity contribution in [2.24, 2.45) is 0 Å². The molecule has 3 aromatic rings. The Bertz CT molecular complexity index is 750. The molecule has 1 aromatic carbocycles. The minimum Gasteiger partial charge on any atom is -0.404 e. The number of furan rings is 1. The second-order valence-corrected chi connectivity index (χ2v) is 5.32. The van der Waals surface area contributed by atoms with Crippen LogP contribution in [0.3, 0.4) is 0 Å². The van der Waals surface area contributed by atoms with Crippen molar-refractivity contribution in [2.75, 3.05) is 5.32 Å². The molecule has 0 fully saturated rings. The van der Waals surface area contributed by atoms with Crippen LogP contribution >= 0.6 is 11.3 Å². The van der Waals surface area contributed by atoms with E-state index in [9.17, 15) is 10.1 Å². The van der Waals surface area contributed by atoms with Crippen LogP contribution < -0.4 is 5.32 Å². The van der Waals surface area contributed by atoms with Crippen LogP contribution in [0.1, 0.15) is 5.76 Å². The van der Waals surface area contributed by atoms with Crippen molar-refractivity contribution in [2.45, 2.75) is 6.54 Å². The number of nitrogens with zero attached hydrogens (tertiary/aromatic N) is 1. The van der Waals surface area contributed by atoms with E-state index in [1.54, 1.807) is 17.4 Å². The van der Waals surface area contributed by atoms with Gasteiger partial charge in [0, 0.05) is 16.1 Å². The SMILES string of the molecule is O=[N+]([O-])c1ccc(CNc2ccccc2-c2cccs2)o1. The summed E-state index contributed by atoms with van der Waals surface area (Å²) in [6, 6.07) is 15.0. The maximum absolute atomic E-state index is 10.6. The number of para-hydroxylation sites is 1. The van der Waals surface area contributed by atoms with Gasteiger partial charge in [0.2, 0.25) is 0 Å². The quantitative estimate of drug-likeness (QED) is 0.555. The Kier molecular flexibility index (Phi) is 3.70. The summed E-state index contributed by atoms with van der Waals surface area (Å²) in [7, 11) is 0. The Labute approximate surface area is 125 Å². The molecule has 0 unspecified atom stereocenters. The monoisotopic (exact) mass is 300 g/mol. The second kappa shape index (κ2) is 5.80. The van der Waals surface area contributed by atoms with Crippen LogP contribution in [0.15, 0.2) is 58.3 Å². The van der Waals surface area contributed by atoms with Gasteiger partial charge in [0.25, 0.3) is 0 Å². The number of rotatable bonds is 5. The Balaban J connectivity index is 1.77. The van der Waals surface area contributed by atoms with Crippen LogP contribution in [0.25, 0.3) is 10.4 Å². The van der Waals surface area contributed by atoms with Crippen LogP contribution in [0.2, 0.25) is 0 Å². The number of benzene rings is 1. The fraction of sp³-hybridized carbons (Fsp3) is 0.0667. The van der Waals surface area contributed by atoms with E-state index in [2.05, 4.69) is 11.4 Å². The van der Waals surface area contributed by atoms with Gasteiger partial charge in [-0.15, -0.1) is 11.3 Å². The van der Waals surface area contributed by atoms with Gasteiger partial charge in [-0.2, -0.15) is 0 Å². The van der Waals surface area contributed by atoms with Crippen molar-refractivity contribution in [1.82, 2.24) is 0 Å². The van der Waals surface area contributed by atoms with Crippen LogP contribution in [-0.4, -0.2) is 4.92 Å². The molecule has 5 nitrogen and oxygen atoms in total. The highest BCUT2D eigenvalue weighted by molar-refractivity contribution is 7.13. The molecule has 0 aliphatic heterocycles. The largest absolute Gasteiger partial charge is 0.433 e. The van der Waals surface area contributed by atoms with Gasteiger partial charge in [0.1, 0.15) is 10.7 Å². The molecule has 0 spiro atoms. The lowest BCUT2D eigenvalue weighted by molar-refractivity contribution is -0.402. The zero-order valence-corrected chi connectivity index (χ0v) is 11.8. The summed E-state index contributed by atoms with van der Waals surface area (Å²) in [5.74, 6) is 0.293. The molecule has 6 heteroatoms. The standard InChI is InChI=1S/C15H12N2O3S/c18-17(19)15-8-7-11(20-15)10-16-13-5-2-1-4-12(13)14-6-3-9-21-14/h1-9,16H,10H2. The number of hydrogen-bond acceptors (Lipinski definition) is 5. The molecule has 106 valence electrons. The van der Waals surface area contributed by atoms with E-state index in [4.69, 9.17) is 4.42 Å². The fourth-order valence-corrected chi connectivity index (χ4v) is 2.79. The van der Waals surface area contributed by atoms with Gasteiger partial charge in [-0.3, -0.25) is 10.1 Å². The number of nitro groups is 1. The van der Waals surface area contributed by atoms with E-state index in [1.165, 1.54) is 10.9 Å². The summed E-state index contributed by atoms with van der Waals surface area (Å²) in [6.45, 7) is 0.399. The topological polar surface area (TPSA) is 68.3 Å². The van der Waals surface area contributed by atoms with Crippen LogP contribution in [-0.2, 0) is 6.54 Å². The number of anilines is 1. The summed E-state index contributed by atoms with van der Waals surface area (Å²) >= 11 is 1.67. The highest BCUT2D eigenvalue weighted by atomic mass is 32.1. The van der Waals surface area contributed by atoms with Crippen molar-refractivity contribution < 1.29 is 9.34 Å². The smallest absolute Gasteiger partial charge is 0.404 e. The third kappa shape index (κ3) is 2.95. The van der Waals surface area contributed by atoms with E-state index in [1.807, 2.05) is 35.7 Å². The predicted octanol–water partition coefficient (Wildman–Crippen LogP) is 4.53. The van der Waals surface area contributed by atoms with Gasteiger partial charge >= 0.3 is 5.88 Å². The first kappa shape index (κ1) is 13.4. The molecule has 0 bridgehead atoms. The van der Waals surface area contributed by atoms with Crippen LogP contribution in [0.4, 0.5) is 11.6 Å². The molecule has 0 radical (unpaired) electrons. The van der Waals surface area contributed by atoms with Crippen molar-refractivity contribution in [3.63, 3.8) is 0 Å². The first-order chi connectivity index (χ1) is 10.2. The zero-order valence-electron chi connectivity index (χ0n) is 11.0. The minimum atomic E-state index is -0.539. The molecule has 0 aliphatic carbocycles. The van der Waals surface area contributed by atoms with Gasteiger partial charge in [-0.1, -0.05) is 24.3 Å². The lowest BCUT2D eigenvalue weighted by Crippen LogP contribution is -1.99. The fourth-order valence-electron chi connectivity index (χ4n) is 2.03. The number of hydrogen-bond donors (Lipinski definition) is 1. The molecule has 0 saturated carbocycles. The Morgan fingerprint density at radius 1 is 1.14 bits per heavy atom. The van der Waals surface area contributed by atoms with E-state index < -0.39 is 4.92 Å². The third-order valence-corrected chi connectivity index (χ3v) is 3.90. The van der Waals surface area contributed by atoms with Crippen LogP contribution in [0, 0.1) is 10.1 Å². The van der Waals surface area contributed by atoms with E-state index in [0.29, 0.717) is 12.3 Å². The number of thiophene rings is 1. The Hall–Kier alpha value is -2.60. The molecule has 2 heterocycles. The zero-order chi connectivity index (χ0) is 14.7. The average molecular weight is 300 g/mol. The molecular weight excluding hydrogens is 288 g/mol. The van der Waals surface area contributed by atoms with Crippen molar-refractivity contribution in [3.05, 3.63) is 69.8 Å². The molecule has 3 rings (SSSR count). The predicted molar refractivity (Wildman–Crippen MR) is 82.4 cm³/mol. The van der Waals surface area contributed by atoms with Crippen molar-refractivity contribution in [1.29, 1.82) is 0 Å². The highest BCUT2D eigenvalue weighted by Crippen LogP contribution is 2.31. The van der Waals surface area contributed by atoms with Crippen molar-refractivity contribution >= 4 is 22.9 Å². The van der Waals surface area contributed by atoms with Crippen LogP contribution in [0.5, 0.6) is 0 Å². The first-order valence-electron chi connectivity index (χ1n) is 6.34. The molecule has 2 aromatic heterocycles. The van der Waals surface area contributed by atoms with Gasteiger partial charge < -0.3 is 9.73 Å². The molecular formula is C15H12N2O3S. The maximum atomic E-state index is 10.6. The average Bonchev–Trinajstić information content (AvgIpc) is 3.17. The highest BCUT2D eigenvalue weighted by Gasteiger charge is 2.12. The van der Waals surface area contributed by atoms with Gasteiger partial charge in [0.15, 0.2) is 0 Å². The van der Waals surface area contributed by atoms with Crippen molar-refractivity contribution in [3.8, 4) is 10.4 Å². The summed E-state index contributed by atoms with van der Waals surface area (Å²) in [5, 5.41) is 15.9. The molecule has 0 saturated heterocycles. The molecule has 21 heavy (non-hydrogen) atoms. The number of nitrogens with one attached hydrogen (secondary N) is 1. The van der Waals surface area contributed by atoms with E-state index >= 15 is 0 Å².